The molecule has 0 saturated carbocycles. The monoisotopic (exact) mass is 215 g/mol. The molecule has 0 saturated heterocycles. The largest absolute Gasteiger partial charge is 0.393 e. The lowest BCUT2D eigenvalue weighted by Gasteiger charge is -2.08. The van der Waals surface area contributed by atoms with Gasteiger partial charge in [0.15, 0.2) is 6.10 Å². The van der Waals surface area contributed by atoms with Crippen LogP contribution in [0.5, 0.6) is 0 Å². The maximum absolute atomic E-state index is 11.1. The zero-order valence-corrected chi connectivity index (χ0v) is 8.03. The number of amides is 1. The first kappa shape index (κ1) is 11.0. The topological polar surface area (TPSA) is 69.6 Å². The fraction of sp³-hybridized carbons (Fsp3) is 0.222. The van der Waals surface area contributed by atoms with Crippen LogP contribution in [0.3, 0.4) is 0 Å². The molecule has 0 aromatic heterocycles. The van der Waals surface area contributed by atoms with Gasteiger partial charge in [0, 0.05) is 10.7 Å². The quantitative estimate of drug-likeness (QED) is 0.693. The minimum atomic E-state index is -1.40. The van der Waals surface area contributed by atoms with Gasteiger partial charge in [-0.05, 0) is 24.3 Å². The third-order valence-electron chi connectivity index (χ3n) is 1.59. The van der Waals surface area contributed by atoms with E-state index < -0.39 is 18.6 Å². The van der Waals surface area contributed by atoms with E-state index in [1.54, 1.807) is 24.3 Å². The summed E-state index contributed by atoms with van der Waals surface area (Å²) in [6, 6.07) is 6.43. The smallest absolute Gasteiger partial charge is 0.255 e. The molecule has 4 nitrogen and oxygen atoms in total. The maximum atomic E-state index is 11.1. The van der Waals surface area contributed by atoms with Crippen LogP contribution in [-0.4, -0.2) is 28.8 Å². The molecule has 0 radical (unpaired) electrons. The molecule has 1 aromatic carbocycles. The number of anilines is 1. The molecule has 5 heteroatoms. The standard InChI is InChI=1S/C9H10ClNO3/c10-6-1-3-7(4-2-6)11-9(14)8(13)5-12/h1-4,8,12-13H,5H2,(H,11,14)/t8-/m0/s1. The summed E-state index contributed by atoms with van der Waals surface area (Å²) >= 11 is 5.64. The second kappa shape index (κ2) is 4.95. The van der Waals surface area contributed by atoms with Gasteiger partial charge < -0.3 is 15.5 Å². The second-order valence-electron chi connectivity index (χ2n) is 2.69. The fourth-order valence-electron chi connectivity index (χ4n) is 0.842. The highest BCUT2D eigenvalue weighted by atomic mass is 35.5. The number of benzene rings is 1. The first-order valence-corrected chi connectivity index (χ1v) is 4.36. The summed E-state index contributed by atoms with van der Waals surface area (Å²) in [5, 5.41) is 20.4. The van der Waals surface area contributed by atoms with Gasteiger partial charge in [-0.25, -0.2) is 0 Å². The van der Waals surface area contributed by atoms with Gasteiger partial charge >= 0.3 is 0 Å². The molecule has 1 rings (SSSR count). The number of hydrogen-bond donors (Lipinski definition) is 3. The van der Waals surface area contributed by atoms with Crippen LogP contribution in [0.4, 0.5) is 5.69 Å². The Labute approximate surface area is 86.1 Å². The predicted molar refractivity (Wildman–Crippen MR) is 53.2 cm³/mol. The first-order valence-electron chi connectivity index (χ1n) is 3.99. The number of aliphatic hydroxyl groups is 2. The number of rotatable bonds is 3. The lowest BCUT2D eigenvalue weighted by molar-refractivity contribution is -0.125. The molecule has 3 N–H and O–H groups in total. The Hall–Kier alpha value is -1.10. The molecule has 1 atom stereocenters. The molecule has 0 aliphatic rings. The zero-order chi connectivity index (χ0) is 10.6. The Morgan fingerprint density at radius 2 is 2.00 bits per heavy atom. The molecule has 0 spiro atoms. The molecule has 1 aromatic rings. The van der Waals surface area contributed by atoms with Crippen LogP contribution in [0.2, 0.25) is 5.02 Å². The van der Waals surface area contributed by atoms with Gasteiger partial charge in [0.1, 0.15) is 0 Å². The van der Waals surface area contributed by atoms with E-state index in [0.717, 1.165) is 0 Å². The number of halogens is 1. The number of hydrogen-bond acceptors (Lipinski definition) is 3. The molecule has 0 heterocycles. The highest BCUT2D eigenvalue weighted by molar-refractivity contribution is 6.30. The Bertz CT molecular complexity index is 312. The SMILES string of the molecule is O=C(Nc1ccc(Cl)cc1)[C@@H](O)CO. The van der Waals surface area contributed by atoms with Gasteiger partial charge in [-0.3, -0.25) is 4.79 Å². The number of carbonyl (C=O) groups is 1. The molecular formula is C9H10ClNO3. The van der Waals surface area contributed by atoms with E-state index in [4.69, 9.17) is 21.8 Å². The number of carbonyl (C=O) groups excluding carboxylic acids is 1. The third-order valence-corrected chi connectivity index (χ3v) is 1.84. The van der Waals surface area contributed by atoms with Crippen molar-refractivity contribution in [1.82, 2.24) is 0 Å². The summed E-state index contributed by atoms with van der Waals surface area (Å²) in [6.45, 7) is -0.598. The summed E-state index contributed by atoms with van der Waals surface area (Å²) in [5.74, 6) is -0.644. The summed E-state index contributed by atoms with van der Waals surface area (Å²) in [6.07, 6.45) is -1.40. The Kier molecular flexibility index (Phi) is 3.88. The molecule has 0 fully saturated rings. The molecule has 14 heavy (non-hydrogen) atoms. The van der Waals surface area contributed by atoms with Crippen LogP contribution < -0.4 is 5.32 Å². The third kappa shape index (κ3) is 2.99. The van der Waals surface area contributed by atoms with E-state index in [9.17, 15) is 4.79 Å². The van der Waals surface area contributed by atoms with Crippen molar-refractivity contribution in [3.05, 3.63) is 29.3 Å². The molecule has 76 valence electrons. The maximum Gasteiger partial charge on any atom is 0.255 e. The summed E-state index contributed by atoms with van der Waals surface area (Å²) < 4.78 is 0. The molecule has 1 amide bonds. The van der Waals surface area contributed by atoms with Crippen molar-refractivity contribution in [3.8, 4) is 0 Å². The molecule has 0 unspecified atom stereocenters. The van der Waals surface area contributed by atoms with Gasteiger partial charge in [0.05, 0.1) is 6.61 Å². The van der Waals surface area contributed by atoms with E-state index in [1.165, 1.54) is 0 Å². The van der Waals surface area contributed by atoms with Crippen LogP contribution in [0.1, 0.15) is 0 Å². The summed E-state index contributed by atoms with van der Waals surface area (Å²) in [7, 11) is 0. The Morgan fingerprint density at radius 3 is 2.50 bits per heavy atom. The Morgan fingerprint density at radius 1 is 1.43 bits per heavy atom. The van der Waals surface area contributed by atoms with E-state index in [1.807, 2.05) is 0 Å². The second-order valence-corrected chi connectivity index (χ2v) is 3.13. The van der Waals surface area contributed by atoms with Crippen molar-refractivity contribution >= 4 is 23.2 Å². The van der Waals surface area contributed by atoms with Gasteiger partial charge in [-0.2, -0.15) is 0 Å². The number of nitrogens with one attached hydrogen (secondary N) is 1. The van der Waals surface area contributed by atoms with Gasteiger partial charge in [-0.15, -0.1) is 0 Å². The van der Waals surface area contributed by atoms with E-state index >= 15 is 0 Å². The molecule has 0 aliphatic carbocycles. The van der Waals surface area contributed by atoms with Crippen LogP contribution in [-0.2, 0) is 4.79 Å². The first-order chi connectivity index (χ1) is 6.63. The van der Waals surface area contributed by atoms with Crippen LogP contribution >= 0.6 is 11.6 Å². The van der Waals surface area contributed by atoms with E-state index in [0.29, 0.717) is 10.7 Å². The highest BCUT2D eigenvalue weighted by Crippen LogP contribution is 2.13. The van der Waals surface area contributed by atoms with Crippen molar-refractivity contribution in [2.75, 3.05) is 11.9 Å². The van der Waals surface area contributed by atoms with Gasteiger partial charge in [0.2, 0.25) is 0 Å². The van der Waals surface area contributed by atoms with Gasteiger partial charge in [0.25, 0.3) is 5.91 Å². The zero-order valence-electron chi connectivity index (χ0n) is 7.27. The van der Waals surface area contributed by atoms with Gasteiger partial charge in [-0.1, -0.05) is 11.6 Å². The van der Waals surface area contributed by atoms with E-state index in [2.05, 4.69) is 5.32 Å². The van der Waals surface area contributed by atoms with Crippen LogP contribution in [0, 0.1) is 0 Å². The minimum absolute atomic E-state index is 0.520. The highest BCUT2D eigenvalue weighted by Gasteiger charge is 2.12. The fourth-order valence-corrected chi connectivity index (χ4v) is 0.968. The normalized spacial score (nSPS) is 12.2. The predicted octanol–water partition coefficient (Wildman–Crippen LogP) is 0.632. The minimum Gasteiger partial charge on any atom is -0.393 e. The lowest BCUT2D eigenvalue weighted by atomic mass is 10.3. The lowest BCUT2D eigenvalue weighted by Crippen LogP contribution is -2.30. The van der Waals surface area contributed by atoms with Crippen molar-refractivity contribution in [2.45, 2.75) is 6.10 Å². The Balaban J connectivity index is 2.60. The van der Waals surface area contributed by atoms with Crippen molar-refractivity contribution in [2.24, 2.45) is 0 Å². The average Bonchev–Trinajstić information content (AvgIpc) is 2.20. The molecular weight excluding hydrogens is 206 g/mol. The van der Waals surface area contributed by atoms with Crippen molar-refractivity contribution < 1.29 is 15.0 Å². The van der Waals surface area contributed by atoms with Crippen LogP contribution in [0.25, 0.3) is 0 Å². The van der Waals surface area contributed by atoms with E-state index in [-0.39, 0.29) is 0 Å². The molecule has 0 bridgehead atoms. The average molecular weight is 216 g/mol. The summed E-state index contributed by atoms with van der Waals surface area (Å²) in [4.78, 5) is 11.1. The van der Waals surface area contributed by atoms with Crippen LogP contribution in [0.15, 0.2) is 24.3 Å². The number of aliphatic hydroxyl groups excluding tert-OH is 2. The summed E-state index contributed by atoms with van der Waals surface area (Å²) in [5.41, 5.74) is 0.520. The van der Waals surface area contributed by atoms with Crippen molar-refractivity contribution in [1.29, 1.82) is 0 Å². The van der Waals surface area contributed by atoms with Crippen molar-refractivity contribution in [3.63, 3.8) is 0 Å². The molecule has 0 aliphatic heterocycles.